The highest BCUT2D eigenvalue weighted by atomic mass is 16.3. The molecule has 32 heavy (non-hydrogen) atoms. The van der Waals surface area contributed by atoms with Gasteiger partial charge >= 0.3 is 0 Å². The lowest BCUT2D eigenvalue weighted by atomic mass is 9.82. The van der Waals surface area contributed by atoms with Gasteiger partial charge in [0, 0.05) is 30.3 Å². The van der Waals surface area contributed by atoms with Crippen LogP contribution in [0.5, 0.6) is 0 Å². The van der Waals surface area contributed by atoms with Gasteiger partial charge in [-0.05, 0) is 48.4 Å². The van der Waals surface area contributed by atoms with Gasteiger partial charge < -0.3 is 15.7 Å². The summed E-state index contributed by atoms with van der Waals surface area (Å²) in [5.41, 5.74) is 3.72. The van der Waals surface area contributed by atoms with Crippen LogP contribution in [-0.4, -0.2) is 21.6 Å². The minimum Gasteiger partial charge on any atom is -0.388 e. The maximum Gasteiger partial charge on any atom is 0.126 e. The molecule has 0 amide bonds. The highest BCUT2D eigenvalue weighted by Crippen LogP contribution is 2.43. The number of anilines is 2. The zero-order chi connectivity index (χ0) is 22.2. The minimum atomic E-state index is -0.776. The van der Waals surface area contributed by atoms with Gasteiger partial charge in [-0.25, -0.2) is 4.98 Å². The van der Waals surface area contributed by atoms with Crippen molar-refractivity contribution in [3.63, 3.8) is 0 Å². The molecule has 0 saturated carbocycles. The predicted molar refractivity (Wildman–Crippen MR) is 130 cm³/mol. The number of nitrogens with one attached hydrogen (secondary N) is 2. The fraction of sp³-hybridized carbons (Fsp3) is 0.185. The van der Waals surface area contributed by atoms with E-state index in [1.54, 1.807) is 12.4 Å². The molecular weight excluding hydrogens is 396 g/mol. The second kappa shape index (κ2) is 10.6. The summed E-state index contributed by atoms with van der Waals surface area (Å²) < 4.78 is 0. The Labute approximate surface area is 189 Å². The third-order valence-electron chi connectivity index (χ3n) is 5.50. The molecule has 5 heteroatoms. The van der Waals surface area contributed by atoms with Crippen molar-refractivity contribution in [2.75, 3.05) is 17.2 Å². The Bertz CT molecular complexity index is 1090. The molecule has 162 valence electrons. The molecule has 2 aromatic heterocycles. The van der Waals surface area contributed by atoms with Crippen LogP contribution in [0.2, 0.25) is 0 Å². The maximum absolute atomic E-state index is 11.6. The number of para-hydroxylation sites is 1. The molecular formula is C27H28N4O. The van der Waals surface area contributed by atoms with Gasteiger partial charge in [-0.15, -0.1) is 0 Å². The molecule has 2 heterocycles. The number of aliphatic hydroxyl groups excluding tert-OH is 1. The van der Waals surface area contributed by atoms with Crippen LogP contribution >= 0.6 is 0 Å². The molecule has 0 aliphatic rings. The third kappa shape index (κ3) is 4.95. The van der Waals surface area contributed by atoms with Crippen molar-refractivity contribution in [1.82, 2.24) is 9.97 Å². The van der Waals surface area contributed by atoms with Crippen LogP contribution in [-0.2, 0) is 0 Å². The lowest BCUT2D eigenvalue weighted by Crippen LogP contribution is -2.27. The van der Waals surface area contributed by atoms with Gasteiger partial charge in [-0.1, -0.05) is 60.7 Å². The van der Waals surface area contributed by atoms with Crippen molar-refractivity contribution in [2.45, 2.75) is 25.0 Å². The van der Waals surface area contributed by atoms with E-state index in [1.165, 1.54) is 0 Å². The van der Waals surface area contributed by atoms with Crippen molar-refractivity contribution in [3.8, 4) is 0 Å². The second-order valence-corrected chi connectivity index (χ2v) is 7.59. The molecule has 2 aromatic carbocycles. The van der Waals surface area contributed by atoms with Crippen molar-refractivity contribution >= 4 is 11.5 Å². The average Bonchev–Trinajstić information content (AvgIpc) is 2.86. The van der Waals surface area contributed by atoms with E-state index >= 15 is 0 Å². The Morgan fingerprint density at radius 3 is 2.16 bits per heavy atom. The lowest BCUT2D eigenvalue weighted by Gasteiger charge is -2.33. The van der Waals surface area contributed by atoms with Crippen molar-refractivity contribution in [1.29, 1.82) is 0 Å². The molecule has 3 unspecified atom stereocenters. The Balaban J connectivity index is 1.86. The van der Waals surface area contributed by atoms with Crippen LogP contribution in [0.1, 0.15) is 41.8 Å². The van der Waals surface area contributed by atoms with Crippen molar-refractivity contribution in [2.24, 2.45) is 0 Å². The fourth-order valence-corrected chi connectivity index (χ4v) is 4.03. The number of aromatic nitrogens is 2. The first kappa shape index (κ1) is 21.5. The number of hydrogen-bond donors (Lipinski definition) is 3. The number of hydrogen-bond acceptors (Lipinski definition) is 5. The quantitative estimate of drug-likeness (QED) is 0.327. The van der Waals surface area contributed by atoms with Crippen molar-refractivity contribution in [3.05, 3.63) is 120 Å². The van der Waals surface area contributed by atoms with E-state index in [-0.39, 0.29) is 12.0 Å². The van der Waals surface area contributed by atoms with Crippen LogP contribution < -0.4 is 10.6 Å². The van der Waals surface area contributed by atoms with E-state index in [1.807, 2.05) is 78.9 Å². The predicted octanol–water partition coefficient (Wildman–Crippen LogP) is 5.58. The molecule has 0 bridgehead atoms. The van der Waals surface area contributed by atoms with Crippen LogP contribution in [0.4, 0.5) is 11.5 Å². The van der Waals surface area contributed by atoms with Gasteiger partial charge in [-0.2, -0.15) is 0 Å². The smallest absolute Gasteiger partial charge is 0.126 e. The number of nitrogens with zero attached hydrogens (tertiary/aromatic N) is 2. The molecule has 4 aromatic rings. The summed E-state index contributed by atoms with van der Waals surface area (Å²) in [7, 11) is 0. The Kier molecular flexibility index (Phi) is 7.10. The number of aliphatic hydroxyl groups is 1. The van der Waals surface area contributed by atoms with Crippen LogP contribution in [0.25, 0.3) is 0 Å². The summed E-state index contributed by atoms with van der Waals surface area (Å²) in [6, 6.07) is 29.3. The first-order valence-corrected chi connectivity index (χ1v) is 10.9. The standard InChI is InChI=1S/C27H28N4O/c1-2-28-22-15-7-6-14-21(22)26(31-24-17-9-11-19-30-24)25(23-16-8-10-18-29-23)27(32)20-12-4-3-5-13-20/h3-19,25-28,32H,2H2,1H3,(H,30,31). The van der Waals surface area contributed by atoms with Crippen molar-refractivity contribution < 1.29 is 5.11 Å². The topological polar surface area (TPSA) is 70.1 Å². The maximum atomic E-state index is 11.6. The van der Waals surface area contributed by atoms with Crippen LogP contribution in [0, 0.1) is 0 Å². The summed E-state index contributed by atoms with van der Waals surface area (Å²) >= 11 is 0. The summed E-state index contributed by atoms with van der Waals surface area (Å²) in [4.78, 5) is 9.14. The highest BCUT2D eigenvalue weighted by Gasteiger charge is 2.34. The second-order valence-electron chi connectivity index (χ2n) is 7.59. The minimum absolute atomic E-state index is 0.287. The molecule has 3 N–H and O–H groups in total. The third-order valence-corrected chi connectivity index (χ3v) is 5.50. The van der Waals surface area contributed by atoms with E-state index in [4.69, 9.17) is 0 Å². The molecule has 0 aliphatic heterocycles. The molecule has 5 nitrogen and oxygen atoms in total. The van der Waals surface area contributed by atoms with E-state index in [9.17, 15) is 5.11 Å². The van der Waals surface area contributed by atoms with E-state index in [0.717, 1.165) is 34.9 Å². The Morgan fingerprint density at radius 1 is 0.781 bits per heavy atom. The Morgan fingerprint density at radius 2 is 1.47 bits per heavy atom. The molecule has 4 rings (SSSR count). The van der Waals surface area contributed by atoms with E-state index in [2.05, 4.69) is 39.7 Å². The molecule has 0 saturated heterocycles. The van der Waals surface area contributed by atoms with E-state index < -0.39 is 6.10 Å². The number of benzene rings is 2. The van der Waals surface area contributed by atoms with Gasteiger partial charge in [0.15, 0.2) is 0 Å². The Hall–Kier alpha value is -3.70. The SMILES string of the molecule is CCNc1ccccc1C(Nc1ccccn1)C(c1ccccn1)C(O)c1ccccc1. The van der Waals surface area contributed by atoms with Gasteiger partial charge in [0.2, 0.25) is 0 Å². The van der Waals surface area contributed by atoms with Crippen LogP contribution in [0.15, 0.2) is 103 Å². The number of pyridine rings is 2. The van der Waals surface area contributed by atoms with E-state index in [0.29, 0.717) is 0 Å². The molecule has 3 atom stereocenters. The summed E-state index contributed by atoms with van der Waals surface area (Å²) in [6.45, 7) is 2.87. The van der Waals surface area contributed by atoms with Crippen LogP contribution in [0.3, 0.4) is 0 Å². The highest BCUT2D eigenvalue weighted by molar-refractivity contribution is 5.56. The van der Waals surface area contributed by atoms with Gasteiger partial charge in [0.25, 0.3) is 0 Å². The summed E-state index contributed by atoms with van der Waals surface area (Å²) in [6.07, 6.45) is 2.76. The average molecular weight is 425 g/mol. The summed E-state index contributed by atoms with van der Waals surface area (Å²) in [5, 5.41) is 18.7. The monoisotopic (exact) mass is 424 g/mol. The molecule has 0 radical (unpaired) electrons. The largest absolute Gasteiger partial charge is 0.388 e. The fourth-order valence-electron chi connectivity index (χ4n) is 4.03. The zero-order valence-corrected chi connectivity index (χ0v) is 18.1. The molecule has 0 fully saturated rings. The summed E-state index contributed by atoms with van der Waals surface area (Å²) in [5.74, 6) is 0.380. The first-order valence-electron chi connectivity index (χ1n) is 10.9. The zero-order valence-electron chi connectivity index (χ0n) is 18.1. The van der Waals surface area contributed by atoms with Gasteiger partial charge in [0.05, 0.1) is 18.1 Å². The first-order chi connectivity index (χ1) is 15.8. The number of rotatable bonds is 9. The van der Waals surface area contributed by atoms with Gasteiger partial charge in [-0.3, -0.25) is 4.98 Å². The lowest BCUT2D eigenvalue weighted by molar-refractivity contribution is 0.133. The molecule has 0 aliphatic carbocycles. The van der Waals surface area contributed by atoms with Gasteiger partial charge in [0.1, 0.15) is 5.82 Å². The normalized spacial score (nSPS) is 13.7. The molecule has 0 spiro atoms.